The van der Waals surface area contributed by atoms with E-state index in [0.29, 0.717) is 0 Å². The van der Waals surface area contributed by atoms with Crippen molar-refractivity contribution in [1.82, 2.24) is 0 Å². The minimum atomic E-state index is -1.13. The molecule has 0 radical (unpaired) electrons. The number of nitrogens with zero attached hydrogens (tertiary/aromatic N) is 1. The van der Waals surface area contributed by atoms with Crippen molar-refractivity contribution >= 4 is 11.7 Å². The van der Waals surface area contributed by atoms with Gasteiger partial charge in [0.2, 0.25) is 0 Å². The average Bonchev–Trinajstić information content (AvgIpc) is 2.47. The first-order valence-corrected chi connectivity index (χ1v) is 5.85. The van der Waals surface area contributed by atoms with Gasteiger partial charge in [0.15, 0.2) is 11.5 Å². The zero-order valence-corrected chi connectivity index (χ0v) is 11.0. The van der Waals surface area contributed by atoms with Crippen LogP contribution in [-0.2, 0) is 0 Å². The number of rotatable bonds is 5. The molecule has 0 saturated carbocycles. The van der Waals surface area contributed by atoms with Crippen molar-refractivity contribution in [2.45, 2.75) is 0 Å². The second-order valence-electron chi connectivity index (χ2n) is 4.00. The second-order valence-corrected chi connectivity index (χ2v) is 4.00. The molecule has 7 heteroatoms. The van der Waals surface area contributed by atoms with E-state index in [9.17, 15) is 14.9 Å². The van der Waals surface area contributed by atoms with Gasteiger partial charge in [-0.05, 0) is 18.2 Å². The molecule has 108 valence electrons. The number of para-hydroxylation sites is 1. The normalized spacial score (nSPS) is 9.95. The number of non-ortho nitro benzene ring substituents is 1. The number of nitro benzene ring substituents is 1. The van der Waals surface area contributed by atoms with Crippen LogP contribution < -0.4 is 9.47 Å². The molecule has 0 aromatic heterocycles. The van der Waals surface area contributed by atoms with Crippen molar-refractivity contribution < 1.29 is 24.3 Å². The van der Waals surface area contributed by atoms with Crippen LogP contribution in [0.5, 0.6) is 17.2 Å². The molecule has 0 saturated heterocycles. The summed E-state index contributed by atoms with van der Waals surface area (Å²) in [4.78, 5) is 21.3. The maximum Gasteiger partial charge on any atom is 0.339 e. The Kier molecular flexibility index (Phi) is 4.03. The number of carboxylic acid groups (broad SMARTS) is 1. The van der Waals surface area contributed by atoms with Crippen LogP contribution >= 0.6 is 0 Å². The Morgan fingerprint density at radius 1 is 1.14 bits per heavy atom. The van der Waals surface area contributed by atoms with E-state index >= 15 is 0 Å². The number of carboxylic acids is 1. The number of nitro groups is 1. The molecule has 0 aliphatic carbocycles. The number of methoxy groups -OCH3 is 1. The maximum absolute atomic E-state index is 11.1. The molecule has 0 unspecified atom stereocenters. The lowest BCUT2D eigenvalue weighted by Gasteiger charge is -2.11. The number of carbonyl (C=O) groups is 1. The molecule has 21 heavy (non-hydrogen) atoms. The fraction of sp³-hybridized carbons (Fsp3) is 0.0714. The Balaban J connectivity index is 2.40. The van der Waals surface area contributed by atoms with Gasteiger partial charge in [0.1, 0.15) is 11.3 Å². The maximum atomic E-state index is 11.1. The van der Waals surface area contributed by atoms with Crippen LogP contribution in [0.1, 0.15) is 10.4 Å². The third-order valence-electron chi connectivity index (χ3n) is 2.70. The minimum Gasteiger partial charge on any atom is -0.493 e. The lowest BCUT2D eigenvalue weighted by Crippen LogP contribution is -2.00. The third-order valence-corrected chi connectivity index (χ3v) is 2.70. The van der Waals surface area contributed by atoms with Gasteiger partial charge in [-0.25, -0.2) is 4.79 Å². The van der Waals surface area contributed by atoms with E-state index < -0.39 is 10.9 Å². The highest BCUT2D eigenvalue weighted by Gasteiger charge is 2.16. The van der Waals surface area contributed by atoms with Gasteiger partial charge in [-0.15, -0.1) is 0 Å². The van der Waals surface area contributed by atoms with Crippen LogP contribution in [0.2, 0.25) is 0 Å². The summed E-state index contributed by atoms with van der Waals surface area (Å²) in [6.45, 7) is 0. The molecule has 2 aromatic rings. The van der Waals surface area contributed by atoms with Crippen molar-refractivity contribution in [2.75, 3.05) is 7.11 Å². The highest BCUT2D eigenvalue weighted by Crippen LogP contribution is 2.35. The quantitative estimate of drug-likeness (QED) is 0.670. The van der Waals surface area contributed by atoms with Gasteiger partial charge < -0.3 is 14.6 Å². The molecule has 1 N–H and O–H groups in total. The van der Waals surface area contributed by atoms with Gasteiger partial charge in [0.25, 0.3) is 5.69 Å². The van der Waals surface area contributed by atoms with Crippen LogP contribution in [0, 0.1) is 10.1 Å². The summed E-state index contributed by atoms with van der Waals surface area (Å²) < 4.78 is 10.5. The van der Waals surface area contributed by atoms with Crippen molar-refractivity contribution in [2.24, 2.45) is 0 Å². The van der Waals surface area contributed by atoms with Crippen LogP contribution in [-0.4, -0.2) is 23.1 Å². The number of hydrogen-bond acceptors (Lipinski definition) is 5. The number of benzene rings is 2. The summed E-state index contributed by atoms with van der Waals surface area (Å²) in [6.07, 6.45) is 0. The fourth-order valence-electron chi connectivity index (χ4n) is 1.70. The zero-order chi connectivity index (χ0) is 15.4. The molecule has 0 aliphatic rings. The highest BCUT2D eigenvalue weighted by atomic mass is 16.6. The molecule has 0 fully saturated rings. The summed E-state index contributed by atoms with van der Waals surface area (Å²) in [7, 11) is 1.34. The molecule has 0 atom stereocenters. The van der Waals surface area contributed by atoms with Crippen molar-refractivity contribution in [1.29, 1.82) is 0 Å². The fourth-order valence-corrected chi connectivity index (χ4v) is 1.70. The topological polar surface area (TPSA) is 98.9 Å². The van der Waals surface area contributed by atoms with E-state index in [1.807, 2.05) is 0 Å². The van der Waals surface area contributed by atoms with Gasteiger partial charge in [0, 0.05) is 6.07 Å². The Labute approximate surface area is 119 Å². The van der Waals surface area contributed by atoms with Crippen molar-refractivity contribution in [3.63, 3.8) is 0 Å². The van der Waals surface area contributed by atoms with Crippen LogP contribution in [0.25, 0.3) is 0 Å². The van der Waals surface area contributed by atoms with Crippen LogP contribution in [0.3, 0.4) is 0 Å². The number of hydrogen-bond donors (Lipinski definition) is 1. The number of ether oxygens (including phenoxy) is 2. The van der Waals surface area contributed by atoms with E-state index in [-0.39, 0.29) is 28.5 Å². The van der Waals surface area contributed by atoms with Gasteiger partial charge in [-0.3, -0.25) is 10.1 Å². The third kappa shape index (κ3) is 3.08. The monoisotopic (exact) mass is 289 g/mol. The zero-order valence-electron chi connectivity index (χ0n) is 11.0. The molecular weight excluding hydrogens is 278 g/mol. The van der Waals surface area contributed by atoms with Crippen molar-refractivity contribution in [3.05, 3.63) is 58.1 Å². The van der Waals surface area contributed by atoms with E-state index in [1.165, 1.54) is 37.4 Å². The first-order valence-electron chi connectivity index (χ1n) is 5.85. The van der Waals surface area contributed by atoms with Crippen molar-refractivity contribution in [3.8, 4) is 17.2 Å². The Morgan fingerprint density at radius 2 is 1.86 bits per heavy atom. The predicted octanol–water partition coefficient (Wildman–Crippen LogP) is 3.09. The molecule has 0 aliphatic heterocycles. The summed E-state index contributed by atoms with van der Waals surface area (Å²) >= 11 is 0. The highest BCUT2D eigenvalue weighted by molar-refractivity contribution is 5.91. The molecule has 2 aromatic carbocycles. The summed E-state index contributed by atoms with van der Waals surface area (Å²) in [5.41, 5.74) is -0.163. The Hall–Kier alpha value is -3.09. The average molecular weight is 289 g/mol. The van der Waals surface area contributed by atoms with Crippen LogP contribution in [0.15, 0.2) is 42.5 Å². The largest absolute Gasteiger partial charge is 0.493 e. The van der Waals surface area contributed by atoms with Gasteiger partial charge in [0.05, 0.1) is 18.1 Å². The molecule has 7 nitrogen and oxygen atoms in total. The van der Waals surface area contributed by atoms with E-state index in [2.05, 4.69) is 0 Å². The van der Waals surface area contributed by atoms with E-state index in [1.54, 1.807) is 12.1 Å². The number of aromatic carboxylic acids is 1. The first kappa shape index (κ1) is 14.3. The lowest BCUT2D eigenvalue weighted by molar-refractivity contribution is -0.384. The smallest absolute Gasteiger partial charge is 0.339 e. The molecule has 2 rings (SSSR count). The lowest BCUT2D eigenvalue weighted by atomic mass is 10.2. The molecule has 0 spiro atoms. The second kappa shape index (κ2) is 5.91. The van der Waals surface area contributed by atoms with Gasteiger partial charge in [-0.1, -0.05) is 12.1 Å². The van der Waals surface area contributed by atoms with E-state index in [4.69, 9.17) is 14.6 Å². The minimum absolute atomic E-state index is 0.0158. The standard InChI is InChI=1S/C14H11NO6/c1-20-13-8-9(15(18)19)6-7-12(13)21-11-5-3-2-4-10(11)14(16)17/h2-8H,1H3,(H,16,17). The Bertz CT molecular complexity index is 698. The molecule has 0 heterocycles. The molecule has 0 amide bonds. The van der Waals surface area contributed by atoms with Crippen LogP contribution in [0.4, 0.5) is 5.69 Å². The van der Waals surface area contributed by atoms with Gasteiger partial charge >= 0.3 is 5.97 Å². The van der Waals surface area contributed by atoms with Gasteiger partial charge in [-0.2, -0.15) is 0 Å². The molecule has 0 bridgehead atoms. The summed E-state index contributed by atoms with van der Waals surface area (Å²) in [6, 6.07) is 9.90. The first-order chi connectivity index (χ1) is 10.0. The predicted molar refractivity (Wildman–Crippen MR) is 73.1 cm³/mol. The SMILES string of the molecule is COc1cc([N+](=O)[O-])ccc1Oc1ccccc1C(=O)O. The summed E-state index contributed by atoms with van der Waals surface area (Å²) in [5, 5.41) is 19.8. The molecular formula is C14H11NO6. The summed E-state index contributed by atoms with van der Waals surface area (Å²) in [5.74, 6) is -0.676. The Morgan fingerprint density at radius 3 is 2.48 bits per heavy atom. The van der Waals surface area contributed by atoms with E-state index in [0.717, 1.165) is 0 Å².